The Morgan fingerprint density at radius 2 is 2.44 bits per heavy atom. The highest BCUT2D eigenvalue weighted by Crippen LogP contribution is 2.22. The van der Waals surface area contributed by atoms with Gasteiger partial charge < -0.3 is 9.72 Å². The molecule has 1 N–H and O–H groups in total. The Kier molecular flexibility index (Phi) is 2.92. The summed E-state index contributed by atoms with van der Waals surface area (Å²) in [5.41, 5.74) is 1.74. The first-order valence-corrected chi connectivity index (χ1v) is 5.01. The Morgan fingerprint density at radius 3 is 3.19 bits per heavy atom. The van der Waals surface area contributed by atoms with E-state index in [4.69, 9.17) is 16.3 Å². The number of imidazole rings is 1. The van der Waals surface area contributed by atoms with E-state index in [0.717, 1.165) is 0 Å². The second-order valence-electron chi connectivity index (χ2n) is 3.14. The Labute approximate surface area is 96.9 Å². The zero-order valence-corrected chi connectivity index (χ0v) is 9.12. The zero-order valence-electron chi connectivity index (χ0n) is 8.37. The van der Waals surface area contributed by atoms with Gasteiger partial charge >= 0.3 is 5.97 Å². The van der Waals surface area contributed by atoms with E-state index in [2.05, 4.69) is 16.5 Å². The number of esters is 1. The molecule has 1 aromatic carbocycles. The lowest BCUT2D eigenvalue weighted by Gasteiger charge is -2.02. The van der Waals surface area contributed by atoms with E-state index in [9.17, 15) is 4.79 Å². The molecule has 0 atom stereocenters. The van der Waals surface area contributed by atoms with Crippen LogP contribution in [0.1, 0.15) is 10.4 Å². The molecular formula is C11H9ClN2O2. The summed E-state index contributed by atoms with van der Waals surface area (Å²) in [5.74, 6) is -0.432. The molecule has 0 saturated carbocycles. The first kappa shape index (κ1) is 10.7. The van der Waals surface area contributed by atoms with Crippen molar-refractivity contribution in [3.8, 4) is 0 Å². The van der Waals surface area contributed by atoms with Crippen LogP contribution in [0.2, 0.25) is 5.02 Å². The lowest BCUT2D eigenvalue weighted by molar-refractivity contribution is 0.0550. The third-order valence-electron chi connectivity index (χ3n) is 2.05. The van der Waals surface area contributed by atoms with Crippen LogP contribution in [0.15, 0.2) is 31.1 Å². The maximum absolute atomic E-state index is 11.6. The number of aromatic amines is 1. The SMILES string of the molecule is C=CCOC(=O)c1cc(Cl)c2nc[nH]c2c1. The van der Waals surface area contributed by atoms with Crippen molar-refractivity contribution in [1.82, 2.24) is 9.97 Å². The lowest BCUT2D eigenvalue weighted by Crippen LogP contribution is -2.04. The van der Waals surface area contributed by atoms with Gasteiger partial charge in [0.25, 0.3) is 0 Å². The second kappa shape index (κ2) is 4.37. The average Bonchev–Trinajstić information content (AvgIpc) is 2.74. The summed E-state index contributed by atoms with van der Waals surface area (Å²) in [6.45, 7) is 3.64. The van der Waals surface area contributed by atoms with Crippen LogP contribution in [0.25, 0.3) is 11.0 Å². The molecule has 0 fully saturated rings. The molecule has 0 radical (unpaired) electrons. The highest BCUT2D eigenvalue weighted by Gasteiger charge is 2.11. The quantitative estimate of drug-likeness (QED) is 0.658. The van der Waals surface area contributed by atoms with E-state index in [1.807, 2.05) is 0 Å². The van der Waals surface area contributed by atoms with E-state index in [0.29, 0.717) is 21.6 Å². The zero-order chi connectivity index (χ0) is 11.5. The highest BCUT2D eigenvalue weighted by atomic mass is 35.5. The summed E-state index contributed by atoms with van der Waals surface area (Å²) in [4.78, 5) is 18.5. The van der Waals surface area contributed by atoms with Crippen molar-refractivity contribution >= 4 is 28.6 Å². The summed E-state index contributed by atoms with van der Waals surface area (Å²) in [6.07, 6.45) is 3.03. The number of carbonyl (C=O) groups excluding carboxylic acids is 1. The van der Waals surface area contributed by atoms with E-state index in [-0.39, 0.29) is 6.61 Å². The molecule has 0 spiro atoms. The third-order valence-corrected chi connectivity index (χ3v) is 2.33. The molecule has 4 nitrogen and oxygen atoms in total. The minimum Gasteiger partial charge on any atom is -0.458 e. The third kappa shape index (κ3) is 1.92. The van der Waals surface area contributed by atoms with Crippen molar-refractivity contribution in [2.75, 3.05) is 6.61 Å². The van der Waals surface area contributed by atoms with Gasteiger partial charge in [0.1, 0.15) is 12.1 Å². The Bertz CT molecular complexity index is 548. The van der Waals surface area contributed by atoms with Crippen molar-refractivity contribution in [2.45, 2.75) is 0 Å². The van der Waals surface area contributed by atoms with Gasteiger partial charge in [0.2, 0.25) is 0 Å². The molecule has 0 aliphatic heterocycles. The minimum atomic E-state index is -0.432. The smallest absolute Gasteiger partial charge is 0.338 e. The minimum absolute atomic E-state index is 0.178. The van der Waals surface area contributed by atoms with Crippen LogP contribution in [-0.4, -0.2) is 22.5 Å². The number of benzene rings is 1. The van der Waals surface area contributed by atoms with Crippen LogP contribution in [0.4, 0.5) is 0 Å². The van der Waals surface area contributed by atoms with Crippen LogP contribution in [0.5, 0.6) is 0 Å². The summed E-state index contributed by atoms with van der Waals surface area (Å²) in [7, 11) is 0. The standard InChI is InChI=1S/C11H9ClN2O2/c1-2-3-16-11(15)7-4-8(12)10-9(5-7)13-6-14-10/h2,4-6H,1,3H2,(H,13,14). The van der Waals surface area contributed by atoms with E-state index in [1.165, 1.54) is 18.5 Å². The van der Waals surface area contributed by atoms with Crippen LogP contribution in [-0.2, 0) is 4.74 Å². The number of fused-ring (bicyclic) bond motifs is 1. The Balaban J connectivity index is 2.37. The van der Waals surface area contributed by atoms with Gasteiger partial charge in [-0.25, -0.2) is 9.78 Å². The van der Waals surface area contributed by atoms with Gasteiger partial charge in [-0.1, -0.05) is 24.3 Å². The van der Waals surface area contributed by atoms with Crippen molar-refractivity contribution in [3.05, 3.63) is 41.7 Å². The van der Waals surface area contributed by atoms with Crippen molar-refractivity contribution in [1.29, 1.82) is 0 Å². The molecular weight excluding hydrogens is 228 g/mol. The summed E-state index contributed by atoms with van der Waals surface area (Å²) in [5, 5.41) is 0.421. The van der Waals surface area contributed by atoms with E-state index in [1.54, 1.807) is 6.07 Å². The molecule has 0 bridgehead atoms. The number of ether oxygens (including phenoxy) is 1. The first-order chi connectivity index (χ1) is 7.72. The average molecular weight is 237 g/mol. The van der Waals surface area contributed by atoms with Gasteiger partial charge in [-0.3, -0.25) is 0 Å². The van der Waals surface area contributed by atoms with Gasteiger partial charge in [-0.2, -0.15) is 0 Å². The molecule has 0 saturated heterocycles. The fraction of sp³-hybridized carbons (Fsp3) is 0.0909. The number of carbonyl (C=O) groups is 1. The normalized spacial score (nSPS) is 10.3. The van der Waals surface area contributed by atoms with Crippen molar-refractivity contribution < 1.29 is 9.53 Å². The van der Waals surface area contributed by atoms with Crippen molar-refractivity contribution in [2.24, 2.45) is 0 Å². The van der Waals surface area contributed by atoms with Crippen LogP contribution >= 0.6 is 11.6 Å². The highest BCUT2D eigenvalue weighted by molar-refractivity contribution is 6.35. The van der Waals surface area contributed by atoms with Crippen LogP contribution < -0.4 is 0 Å². The van der Waals surface area contributed by atoms with Gasteiger partial charge in [-0.05, 0) is 12.1 Å². The summed E-state index contributed by atoms with van der Waals surface area (Å²) >= 11 is 5.97. The van der Waals surface area contributed by atoms with E-state index < -0.39 is 5.97 Å². The van der Waals surface area contributed by atoms with E-state index >= 15 is 0 Å². The van der Waals surface area contributed by atoms with Gasteiger partial charge in [-0.15, -0.1) is 0 Å². The van der Waals surface area contributed by atoms with Gasteiger partial charge in [0.05, 0.1) is 22.4 Å². The molecule has 2 rings (SSSR count). The molecule has 5 heteroatoms. The summed E-state index contributed by atoms with van der Waals surface area (Å²) < 4.78 is 4.91. The number of H-pyrrole nitrogens is 1. The number of hydrogen-bond donors (Lipinski definition) is 1. The van der Waals surface area contributed by atoms with Gasteiger partial charge in [0.15, 0.2) is 0 Å². The van der Waals surface area contributed by atoms with Crippen LogP contribution in [0, 0.1) is 0 Å². The fourth-order valence-corrected chi connectivity index (χ4v) is 1.61. The maximum Gasteiger partial charge on any atom is 0.338 e. The second-order valence-corrected chi connectivity index (χ2v) is 3.55. The molecule has 1 heterocycles. The summed E-state index contributed by atoms with van der Waals surface area (Å²) in [6, 6.07) is 3.19. The molecule has 0 aliphatic rings. The molecule has 16 heavy (non-hydrogen) atoms. The lowest BCUT2D eigenvalue weighted by atomic mass is 10.2. The Hall–Kier alpha value is -1.81. The van der Waals surface area contributed by atoms with Crippen molar-refractivity contribution in [3.63, 3.8) is 0 Å². The Morgan fingerprint density at radius 1 is 1.62 bits per heavy atom. The predicted octanol–water partition coefficient (Wildman–Crippen LogP) is 2.56. The molecule has 0 unspecified atom stereocenters. The fourth-order valence-electron chi connectivity index (χ4n) is 1.34. The first-order valence-electron chi connectivity index (χ1n) is 4.63. The largest absolute Gasteiger partial charge is 0.458 e. The molecule has 0 amide bonds. The number of nitrogens with one attached hydrogen (secondary N) is 1. The molecule has 2 aromatic rings. The maximum atomic E-state index is 11.6. The number of halogens is 1. The number of rotatable bonds is 3. The molecule has 0 aliphatic carbocycles. The predicted molar refractivity (Wildman–Crippen MR) is 61.6 cm³/mol. The van der Waals surface area contributed by atoms with Crippen LogP contribution in [0.3, 0.4) is 0 Å². The topological polar surface area (TPSA) is 55.0 Å². The molecule has 82 valence electrons. The molecule has 1 aromatic heterocycles. The number of nitrogens with zero attached hydrogens (tertiary/aromatic N) is 1. The monoisotopic (exact) mass is 236 g/mol. The number of hydrogen-bond acceptors (Lipinski definition) is 3. The van der Waals surface area contributed by atoms with Gasteiger partial charge in [0, 0.05) is 0 Å². The number of aromatic nitrogens is 2.